The lowest BCUT2D eigenvalue weighted by Crippen LogP contribution is -2.19. The van der Waals surface area contributed by atoms with Gasteiger partial charge in [-0.25, -0.2) is 14.8 Å². The second-order valence-electron chi connectivity index (χ2n) is 4.00. The number of carboxylic acid groups (broad SMARTS) is 1. The third-order valence-electron chi connectivity index (χ3n) is 2.92. The van der Waals surface area contributed by atoms with E-state index in [1.165, 1.54) is 17.5 Å². The molecule has 0 unspecified atom stereocenters. The average Bonchev–Trinajstić information content (AvgIpc) is 2.84. The molecule has 0 aliphatic carbocycles. The number of aryl methyl sites for hydroxylation is 1. The summed E-state index contributed by atoms with van der Waals surface area (Å²) in [6, 6.07) is 1.61. The molecule has 0 saturated carbocycles. The quantitative estimate of drug-likeness (QED) is 0.769. The maximum atomic E-state index is 12.1. The summed E-state index contributed by atoms with van der Waals surface area (Å²) in [4.78, 5) is 32.5. The van der Waals surface area contributed by atoms with E-state index in [1.807, 2.05) is 6.92 Å². The van der Waals surface area contributed by atoms with E-state index in [0.717, 1.165) is 4.83 Å². The molecule has 0 radical (unpaired) electrons. The van der Waals surface area contributed by atoms with Crippen LogP contribution in [0.1, 0.15) is 17.3 Å². The van der Waals surface area contributed by atoms with Gasteiger partial charge >= 0.3 is 5.97 Å². The maximum Gasteiger partial charge on any atom is 0.341 e. The Morgan fingerprint density at radius 2 is 2.32 bits per heavy atom. The number of fused-ring (bicyclic) bond motifs is 2. The van der Waals surface area contributed by atoms with E-state index in [-0.39, 0.29) is 5.56 Å². The summed E-state index contributed by atoms with van der Waals surface area (Å²) in [5, 5.41) is 9.36. The molecule has 3 heterocycles. The molecule has 3 aromatic heterocycles. The Bertz CT molecular complexity index is 866. The zero-order chi connectivity index (χ0) is 13.6. The highest BCUT2D eigenvalue weighted by Crippen LogP contribution is 2.20. The maximum absolute atomic E-state index is 12.1. The molecule has 0 aliphatic rings. The van der Waals surface area contributed by atoms with Crippen LogP contribution in [0.3, 0.4) is 0 Å². The lowest BCUT2D eigenvalue weighted by atomic mass is 10.2. The van der Waals surface area contributed by atoms with Gasteiger partial charge in [0.05, 0.1) is 10.9 Å². The van der Waals surface area contributed by atoms with Crippen LogP contribution >= 0.6 is 11.3 Å². The fourth-order valence-corrected chi connectivity index (χ4v) is 2.63. The number of thiazole rings is 1. The van der Waals surface area contributed by atoms with Crippen molar-refractivity contribution >= 4 is 38.7 Å². The SMILES string of the molecule is CCn1cc(C(=O)O)c(=O)c2cc3ncsc3nc21. The van der Waals surface area contributed by atoms with E-state index in [9.17, 15) is 9.59 Å². The van der Waals surface area contributed by atoms with Gasteiger partial charge in [-0.1, -0.05) is 0 Å². The van der Waals surface area contributed by atoms with Gasteiger partial charge in [-0.05, 0) is 13.0 Å². The second kappa shape index (κ2) is 4.13. The largest absolute Gasteiger partial charge is 0.477 e. The van der Waals surface area contributed by atoms with Crippen molar-refractivity contribution in [2.75, 3.05) is 0 Å². The molecular formula is C12H9N3O3S. The molecule has 3 rings (SSSR count). The summed E-state index contributed by atoms with van der Waals surface area (Å²) in [6.45, 7) is 2.41. The number of rotatable bonds is 2. The van der Waals surface area contributed by atoms with E-state index in [0.29, 0.717) is 23.1 Å². The second-order valence-corrected chi connectivity index (χ2v) is 4.83. The van der Waals surface area contributed by atoms with Crippen LogP contribution in [0, 0.1) is 0 Å². The van der Waals surface area contributed by atoms with Crippen LogP contribution in [0.15, 0.2) is 22.6 Å². The Kier molecular flexibility index (Phi) is 2.56. The van der Waals surface area contributed by atoms with Crippen LogP contribution in [0.2, 0.25) is 0 Å². The molecule has 0 atom stereocenters. The molecule has 6 nitrogen and oxygen atoms in total. The first kappa shape index (κ1) is 11.8. The Morgan fingerprint density at radius 3 is 3.00 bits per heavy atom. The zero-order valence-corrected chi connectivity index (χ0v) is 10.8. The Hall–Kier alpha value is -2.28. The number of carboxylic acids is 1. The van der Waals surface area contributed by atoms with Gasteiger partial charge in [0, 0.05) is 12.7 Å². The van der Waals surface area contributed by atoms with Crippen molar-refractivity contribution in [1.82, 2.24) is 14.5 Å². The highest BCUT2D eigenvalue weighted by molar-refractivity contribution is 7.16. The van der Waals surface area contributed by atoms with Gasteiger partial charge in [0.1, 0.15) is 21.6 Å². The number of aromatic carboxylic acids is 1. The summed E-state index contributed by atoms with van der Waals surface area (Å²) in [6.07, 6.45) is 1.34. The first-order chi connectivity index (χ1) is 9.11. The summed E-state index contributed by atoms with van der Waals surface area (Å²) < 4.78 is 1.67. The third kappa shape index (κ3) is 1.70. The number of nitrogens with zero attached hydrogens (tertiary/aromatic N) is 3. The molecule has 0 spiro atoms. The highest BCUT2D eigenvalue weighted by Gasteiger charge is 2.16. The minimum Gasteiger partial charge on any atom is -0.477 e. The van der Waals surface area contributed by atoms with Crippen LogP contribution in [0.25, 0.3) is 21.4 Å². The van der Waals surface area contributed by atoms with Gasteiger partial charge < -0.3 is 9.67 Å². The number of aromatic nitrogens is 3. The van der Waals surface area contributed by atoms with Gasteiger partial charge in [-0.2, -0.15) is 0 Å². The molecule has 7 heteroatoms. The van der Waals surface area contributed by atoms with E-state index >= 15 is 0 Å². The normalized spacial score (nSPS) is 11.2. The fraction of sp³-hybridized carbons (Fsp3) is 0.167. The van der Waals surface area contributed by atoms with Crippen LogP contribution in [-0.4, -0.2) is 25.6 Å². The number of pyridine rings is 2. The number of carbonyl (C=O) groups is 1. The highest BCUT2D eigenvalue weighted by atomic mass is 32.1. The van der Waals surface area contributed by atoms with Crippen molar-refractivity contribution < 1.29 is 9.90 Å². The molecule has 0 amide bonds. The molecule has 0 saturated heterocycles. The van der Waals surface area contributed by atoms with Crippen molar-refractivity contribution in [3.8, 4) is 0 Å². The van der Waals surface area contributed by atoms with Crippen LogP contribution in [0.5, 0.6) is 0 Å². The van der Waals surface area contributed by atoms with Crippen molar-refractivity contribution in [2.24, 2.45) is 0 Å². The summed E-state index contributed by atoms with van der Waals surface area (Å²) in [7, 11) is 0. The van der Waals surface area contributed by atoms with Crippen molar-refractivity contribution in [2.45, 2.75) is 13.5 Å². The Labute approximate surface area is 111 Å². The molecule has 0 aliphatic heterocycles. The van der Waals surface area contributed by atoms with Crippen molar-refractivity contribution in [3.63, 3.8) is 0 Å². The molecule has 1 N–H and O–H groups in total. The monoisotopic (exact) mass is 275 g/mol. The van der Waals surface area contributed by atoms with Crippen LogP contribution < -0.4 is 5.43 Å². The molecule has 0 aromatic carbocycles. The first-order valence-electron chi connectivity index (χ1n) is 5.62. The average molecular weight is 275 g/mol. The molecule has 96 valence electrons. The number of hydrogen-bond donors (Lipinski definition) is 1. The molecule has 3 aromatic rings. The third-order valence-corrected chi connectivity index (χ3v) is 3.66. The van der Waals surface area contributed by atoms with E-state index in [1.54, 1.807) is 16.1 Å². The smallest absolute Gasteiger partial charge is 0.341 e. The van der Waals surface area contributed by atoms with Crippen LogP contribution in [0.4, 0.5) is 0 Å². The Balaban J connectivity index is 2.54. The van der Waals surface area contributed by atoms with E-state index in [2.05, 4.69) is 9.97 Å². The Morgan fingerprint density at radius 1 is 1.53 bits per heavy atom. The lowest BCUT2D eigenvalue weighted by molar-refractivity contribution is 0.0695. The number of hydrogen-bond acceptors (Lipinski definition) is 5. The molecule has 0 fully saturated rings. The molecule has 19 heavy (non-hydrogen) atoms. The molecule has 0 bridgehead atoms. The standard InChI is InChI=1S/C12H9N3O3S/c1-2-15-4-7(12(17)18)9(16)6-3-8-11(14-10(6)15)19-5-13-8/h3-5H,2H2,1H3,(H,17,18). The summed E-state index contributed by atoms with van der Waals surface area (Å²) in [5.74, 6) is -1.23. The van der Waals surface area contributed by atoms with E-state index in [4.69, 9.17) is 5.11 Å². The van der Waals surface area contributed by atoms with Gasteiger partial charge in [-0.3, -0.25) is 4.79 Å². The van der Waals surface area contributed by atoms with Crippen molar-refractivity contribution in [3.05, 3.63) is 33.6 Å². The van der Waals surface area contributed by atoms with Gasteiger partial charge in [0.2, 0.25) is 5.43 Å². The first-order valence-corrected chi connectivity index (χ1v) is 6.50. The predicted molar refractivity (Wildman–Crippen MR) is 71.8 cm³/mol. The summed E-state index contributed by atoms with van der Waals surface area (Å²) >= 11 is 1.38. The minimum atomic E-state index is -1.23. The topological polar surface area (TPSA) is 85.1 Å². The summed E-state index contributed by atoms with van der Waals surface area (Å²) in [5.41, 5.74) is 1.99. The predicted octanol–water partition coefficient (Wildman–Crippen LogP) is 1.72. The fourth-order valence-electron chi connectivity index (χ4n) is 1.99. The van der Waals surface area contributed by atoms with Crippen molar-refractivity contribution in [1.29, 1.82) is 0 Å². The van der Waals surface area contributed by atoms with Crippen LogP contribution in [-0.2, 0) is 6.54 Å². The zero-order valence-electron chi connectivity index (χ0n) is 9.95. The minimum absolute atomic E-state index is 0.245. The van der Waals surface area contributed by atoms with E-state index < -0.39 is 11.4 Å². The molecular weight excluding hydrogens is 266 g/mol. The van der Waals surface area contributed by atoms with Gasteiger partial charge in [0.15, 0.2) is 0 Å². The van der Waals surface area contributed by atoms with Gasteiger partial charge in [-0.15, -0.1) is 11.3 Å². The van der Waals surface area contributed by atoms with Gasteiger partial charge in [0.25, 0.3) is 0 Å². The lowest BCUT2D eigenvalue weighted by Gasteiger charge is -2.08.